The number of rotatable bonds is 1. The molecule has 0 saturated carbocycles. The SMILES string of the molecule is CCc1nc2c(F)cccc2s1. The normalized spacial score (nSPS) is 10.8. The van der Waals surface area contributed by atoms with Gasteiger partial charge in [-0.2, -0.15) is 0 Å². The van der Waals surface area contributed by atoms with Gasteiger partial charge < -0.3 is 0 Å². The molecule has 0 aliphatic heterocycles. The molecule has 0 radical (unpaired) electrons. The summed E-state index contributed by atoms with van der Waals surface area (Å²) in [5.41, 5.74) is 0.513. The lowest BCUT2D eigenvalue weighted by atomic mass is 10.3. The molecule has 0 aliphatic rings. The molecular formula is C9H8FNS. The third kappa shape index (κ3) is 1.10. The Kier molecular flexibility index (Phi) is 1.81. The summed E-state index contributed by atoms with van der Waals surface area (Å²) in [7, 11) is 0. The first-order chi connectivity index (χ1) is 5.81. The van der Waals surface area contributed by atoms with Gasteiger partial charge in [0.1, 0.15) is 11.3 Å². The first-order valence-electron chi connectivity index (χ1n) is 3.85. The van der Waals surface area contributed by atoms with Crippen LogP contribution in [0.4, 0.5) is 4.39 Å². The highest BCUT2D eigenvalue weighted by molar-refractivity contribution is 7.18. The van der Waals surface area contributed by atoms with Gasteiger partial charge in [0.2, 0.25) is 0 Å². The van der Waals surface area contributed by atoms with Crippen LogP contribution in [0.2, 0.25) is 0 Å². The Morgan fingerprint density at radius 3 is 3.00 bits per heavy atom. The van der Waals surface area contributed by atoms with E-state index in [-0.39, 0.29) is 5.82 Å². The zero-order valence-electron chi connectivity index (χ0n) is 6.67. The first-order valence-corrected chi connectivity index (χ1v) is 4.67. The van der Waals surface area contributed by atoms with Crippen molar-refractivity contribution in [2.45, 2.75) is 13.3 Å². The van der Waals surface area contributed by atoms with Crippen LogP contribution in [0, 0.1) is 5.82 Å². The van der Waals surface area contributed by atoms with E-state index in [0.717, 1.165) is 16.1 Å². The lowest BCUT2D eigenvalue weighted by molar-refractivity contribution is 0.637. The van der Waals surface area contributed by atoms with Crippen LogP contribution in [0.3, 0.4) is 0 Å². The average molecular weight is 181 g/mol. The average Bonchev–Trinajstić information content (AvgIpc) is 2.49. The highest BCUT2D eigenvalue weighted by Crippen LogP contribution is 2.23. The Bertz CT molecular complexity index is 408. The summed E-state index contributed by atoms with van der Waals surface area (Å²) in [4.78, 5) is 4.17. The molecule has 0 bridgehead atoms. The second-order valence-corrected chi connectivity index (χ2v) is 3.66. The van der Waals surface area contributed by atoms with Crippen LogP contribution in [0.25, 0.3) is 10.2 Å². The van der Waals surface area contributed by atoms with Crippen LogP contribution in [0.15, 0.2) is 18.2 Å². The van der Waals surface area contributed by atoms with Crippen molar-refractivity contribution in [2.75, 3.05) is 0 Å². The summed E-state index contributed by atoms with van der Waals surface area (Å²) in [6.45, 7) is 2.02. The number of nitrogens with zero attached hydrogens (tertiary/aromatic N) is 1. The van der Waals surface area contributed by atoms with E-state index < -0.39 is 0 Å². The van der Waals surface area contributed by atoms with Crippen molar-refractivity contribution >= 4 is 21.6 Å². The van der Waals surface area contributed by atoms with Crippen LogP contribution in [-0.2, 0) is 6.42 Å². The van der Waals surface area contributed by atoms with E-state index in [1.165, 1.54) is 6.07 Å². The Morgan fingerprint density at radius 2 is 2.33 bits per heavy atom. The summed E-state index contributed by atoms with van der Waals surface area (Å²) < 4.78 is 14.0. The molecule has 1 aromatic carbocycles. The minimum absolute atomic E-state index is 0.219. The van der Waals surface area contributed by atoms with Crippen LogP contribution in [0.5, 0.6) is 0 Å². The van der Waals surface area contributed by atoms with Crippen LogP contribution in [-0.4, -0.2) is 4.98 Å². The van der Waals surface area contributed by atoms with Gasteiger partial charge in [-0.3, -0.25) is 0 Å². The Balaban J connectivity index is 2.74. The number of hydrogen-bond donors (Lipinski definition) is 0. The van der Waals surface area contributed by atoms with Gasteiger partial charge in [0, 0.05) is 0 Å². The van der Waals surface area contributed by atoms with Gasteiger partial charge in [-0.25, -0.2) is 9.37 Å². The van der Waals surface area contributed by atoms with Gasteiger partial charge in [0.15, 0.2) is 0 Å². The Morgan fingerprint density at radius 1 is 1.50 bits per heavy atom. The molecule has 0 spiro atoms. The summed E-state index contributed by atoms with van der Waals surface area (Å²) in [5.74, 6) is -0.219. The van der Waals surface area contributed by atoms with Gasteiger partial charge in [-0.1, -0.05) is 13.0 Å². The fourth-order valence-electron chi connectivity index (χ4n) is 1.11. The van der Waals surface area contributed by atoms with Crippen molar-refractivity contribution in [3.05, 3.63) is 29.0 Å². The number of para-hydroxylation sites is 1. The summed E-state index contributed by atoms with van der Waals surface area (Å²) in [5, 5.41) is 0.995. The molecule has 1 aromatic heterocycles. The number of aromatic nitrogens is 1. The maximum absolute atomic E-state index is 13.1. The molecule has 0 amide bonds. The van der Waals surface area contributed by atoms with E-state index in [1.54, 1.807) is 17.4 Å². The van der Waals surface area contributed by atoms with E-state index in [0.29, 0.717) is 5.52 Å². The summed E-state index contributed by atoms with van der Waals surface area (Å²) in [6.07, 6.45) is 0.874. The second kappa shape index (κ2) is 2.83. The zero-order valence-corrected chi connectivity index (χ0v) is 7.49. The van der Waals surface area contributed by atoms with Crippen molar-refractivity contribution in [3.8, 4) is 0 Å². The molecule has 0 aliphatic carbocycles. The molecule has 12 heavy (non-hydrogen) atoms. The molecule has 1 nitrogen and oxygen atoms in total. The van der Waals surface area contributed by atoms with Gasteiger partial charge in [-0.05, 0) is 18.6 Å². The van der Waals surface area contributed by atoms with E-state index >= 15 is 0 Å². The number of fused-ring (bicyclic) bond motifs is 1. The molecule has 0 N–H and O–H groups in total. The number of hydrogen-bond acceptors (Lipinski definition) is 2. The van der Waals surface area contributed by atoms with Gasteiger partial charge in [-0.15, -0.1) is 11.3 Å². The highest BCUT2D eigenvalue weighted by Gasteiger charge is 2.05. The summed E-state index contributed by atoms with van der Waals surface area (Å²) in [6, 6.07) is 5.06. The minimum atomic E-state index is -0.219. The molecule has 0 atom stereocenters. The molecule has 3 heteroatoms. The smallest absolute Gasteiger partial charge is 0.150 e. The molecule has 2 aromatic rings. The number of aryl methyl sites for hydroxylation is 1. The molecule has 0 fully saturated rings. The molecule has 1 heterocycles. The lowest BCUT2D eigenvalue weighted by Crippen LogP contribution is -1.78. The first kappa shape index (κ1) is 7.68. The number of benzene rings is 1. The molecule has 62 valence electrons. The van der Waals surface area contributed by atoms with Crippen molar-refractivity contribution in [1.82, 2.24) is 4.98 Å². The van der Waals surface area contributed by atoms with E-state index in [1.807, 2.05) is 13.0 Å². The maximum Gasteiger partial charge on any atom is 0.150 e. The van der Waals surface area contributed by atoms with Crippen LogP contribution >= 0.6 is 11.3 Å². The van der Waals surface area contributed by atoms with Crippen LogP contribution in [0.1, 0.15) is 11.9 Å². The quantitative estimate of drug-likeness (QED) is 0.659. The molecule has 2 rings (SSSR count). The predicted octanol–water partition coefficient (Wildman–Crippen LogP) is 3.00. The van der Waals surface area contributed by atoms with Crippen molar-refractivity contribution in [2.24, 2.45) is 0 Å². The second-order valence-electron chi connectivity index (χ2n) is 2.55. The van der Waals surface area contributed by atoms with Gasteiger partial charge >= 0.3 is 0 Å². The topological polar surface area (TPSA) is 12.9 Å². The van der Waals surface area contributed by atoms with Gasteiger partial charge in [0.25, 0.3) is 0 Å². The van der Waals surface area contributed by atoms with Crippen molar-refractivity contribution < 1.29 is 4.39 Å². The van der Waals surface area contributed by atoms with Gasteiger partial charge in [0.05, 0.1) is 9.71 Å². The molecule has 0 unspecified atom stereocenters. The van der Waals surface area contributed by atoms with Crippen LogP contribution < -0.4 is 0 Å². The standard InChI is InChI=1S/C9H8FNS/c1-2-8-11-9-6(10)4-3-5-7(9)12-8/h3-5H,2H2,1H3. The summed E-state index contributed by atoms with van der Waals surface area (Å²) >= 11 is 1.56. The number of thiazole rings is 1. The monoisotopic (exact) mass is 181 g/mol. The zero-order chi connectivity index (χ0) is 8.55. The number of halogens is 1. The maximum atomic E-state index is 13.1. The Hall–Kier alpha value is -0.960. The fourth-order valence-corrected chi connectivity index (χ4v) is 2.03. The molecule has 0 saturated heterocycles. The van der Waals surface area contributed by atoms with Crippen molar-refractivity contribution in [3.63, 3.8) is 0 Å². The largest absolute Gasteiger partial charge is 0.238 e. The highest BCUT2D eigenvalue weighted by atomic mass is 32.1. The Labute approximate surface area is 73.9 Å². The minimum Gasteiger partial charge on any atom is -0.238 e. The molecular weight excluding hydrogens is 173 g/mol. The predicted molar refractivity (Wildman–Crippen MR) is 49.0 cm³/mol. The lowest BCUT2D eigenvalue weighted by Gasteiger charge is -1.86. The van der Waals surface area contributed by atoms with E-state index in [9.17, 15) is 4.39 Å². The van der Waals surface area contributed by atoms with E-state index in [2.05, 4.69) is 4.98 Å². The third-order valence-electron chi connectivity index (χ3n) is 1.72. The van der Waals surface area contributed by atoms with E-state index in [4.69, 9.17) is 0 Å². The third-order valence-corrected chi connectivity index (χ3v) is 2.88. The van der Waals surface area contributed by atoms with Crippen molar-refractivity contribution in [1.29, 1.82) is 0 Å². The fraction of sp³-hybridized carbons (Fsp3) is 0.222.